The molecule has 0 aliphatic carbocycles. The van der Waals surface area contributed by atoms with Gasteiger partial charge in [0.15, 0.2) is 11.5 Å². The number of methoxy groups -OCH3 is 2. The van der Waals surface area contributed by atoms with Gasteiger partial charge in [0.05, 0.1) is 36.8 Å². The number of hydrazone groups is 1. The Morgan fingerprint density at radius 1 is 1.13 bits per heavy atom. The highest BCUT2D eigenvalue weighted by Gasteiger charge is 2.22. The molecule has 2 aromatic rings. The van der Waals surface area contributed by atoms with Crippen LogP contribution in [0.3, 0.4) is 0 Å². The van der Waals surface area contributed by atoms with Crippen LogP contribution in [0.1, 0.15) is 12.5 Å². The molecule has 0 saturated heterocycles. The fraction of sp³-hybridized carbons (Fsp3) is 0.263. The molecule has 0 saturated carbocycles. The number of rotatable bonds is 9. The minimum absolute atomic E-state index is 0.0701. The molecule has 0 bridgehead atoms. The quantitative estimate of drug-likeness (QED) is 0.349. The number of nitro groups is 1. The van der Waals surface area contributed by atoms with E-state index in [9.17, 15) is 23.3 Å². The predicted octanol–water partition coefficient (Wildman–Crippen LogP) is 1.92. The summed E-state index contributed by atoms with van der Waals surface area (Å²) < 4.78 is 35.7. The number of non-ortho nitro benzene ring substituents is 1. The summed E-state index contributed by atoms with van der Waals surface area (Å²) >= 11 is 0. The summed E-state index contributed by atoms with van der Waals surface area (Å²) in [5.74, 6) is 0.0371. The van der Waals surface area contributed by atoms with Crippen molar-refractivity contribution in [2.75, 3.05) is 31.3 Å². The van der Waals surface area contributed by atoms with Crippen molar-refractivity contribution in [1.29, 1.82) is 0 Å². The van der Waals surface area contributed by atoms with Crippen LogP contribution in [0.2, 0.25) is 0 Å². The standard InChI is InChI=1S/C19H22N4O7S/c1-13(14-5-7-15(8-6-14)23(25)26)20-21-19(24)12-22(31(4,27)28)16-9-10-17(29-2)18(11-16)30-3/h5-11H,12H2,1-4H3,(H,21,24)/b20-13-. The molecule has 1 amide bonds. The Kier molecular flexibility index (Phi) is 7.53. The normalized spacial score (nSPS) is 11.5. The van der Waals surface area contributed by atoms with Gasteiger partial charge in [-0.05, 0) is 36.8 Å². The van der Waals surface area contributed by atoms with Gasteiger partial charge in [-0.25, -0.2) is 13.8 Å². The number of carbonyl (C=O) groups excluding carboxylic acids is 1. The van der Waals surface area contributed by atoms with E-state index in [0.717, 1.165) is 10.6 Å². The fourth-order valence-electron chi connectivity index (χ4n) is 2.58. The first kappa shape index (κ1) is 23.6. The molecule has 0 unspecified atom stereocenters. The summed E-state index contributed by atoms with van der Waals surface area (Å²) in [4.78, 5) is 22.6. The van der Waals surface area contributed by atoms with Crippen LogP contribution in [0, 0.1) is 10.1 Å². The third kappa shape index (κ3) is 6.15. The average Bonchev–Trinajstić information content (AvgIpc) is 2.74. The monoisotopic (exact) mass is 450 g/mol. The maximum absolute atomic E-state index is 12.4. The number of amides is 1. The van der Waals surface area contributed by atoms with E-state index in [2.05, 4.69) is 10.5 Å². The molecule has 0 radical (unpaired) electrons. The fourth-order valence-corrected chi connectivity index (χ4v) is 3.43. The number of nitro benzene ring substituents is 1. The van der Waals surface area contributed by atoms with Gasteiger partial charge in [0.1, 0.15) is 6.54 Å². The van der Waals surface area contributed by atoms with E-state index in [1.54, 1.807) is 6.92 Å². The lowest BCUT2D eigenvalue weighted by Gasteiger charge is -2.22. The second kappa shape index (κ2) is 9.89. The van der Waals surface area contributed by atoms with Gasteiger partial charge in [0, 0.05) is 18.2 Å². The minimum atomic E-state index is -3.80. The smallest absolute Gasteiger partial charge is 0.269 e. The molecule has 0 heterocycles. The summed E-state index contributed by atoms with van der Waals surface area (Å²) in [5, 5.41) is 14.7. The van der Waals surface area contributed by atoms with Crippen molar-refractivity contribution in [1.82, 2.24) is 5.43 Å². The van der Waals surface area contributed by atoms with Crippen molar-refractivity contribution >= 4 is 33.0 Å². The lowest BCUT2D eigenvalue weighted by Crippen LogP contribution is -2.39. The molecule has 12 heteroatoms. The zero-order valence-electron chi connectivity index (χ0n) is 17.4. The van der Waals surface area contributed by atoms with Crippen LogP contribution in [0.5, 0.6) is 11.5 Å². The number of ether oxygens (including phenoxy) is 2. The van der Waals surface area contributed by atoms with Gasteiger partial charge in [-0.1, -0.05) is 0 Å². The summed E-state index contributed by atoms with van der Waals surface area (Å²) in [6, 6.07) is 10.1. The van der Waals surface area contributed by atoms with Crippen molar-refractivity contribution in [3.63, 3.8) is 0 Å². The molecule has 0 fully saturated rings. The van der Waals surface area contributed by atoms with Crippen LogP contribution >= 0.6 is 0 Å². The Labute approximate surface area is 179 Å². The number of nitrogens with zero attached hydrogens (tertiary/aromatic N) is 3. The van der Waals surface area contributed by atoms with Crippen molar-refractivity contribution in [3.05, 3.63) is 58.1 Å². The summed E-state index contributed by atoms with van der Waals surface area (Å²) in [7, 11) is -0.937. The molecule has 1 N–H and O–H groups in total. The van der Waals surface area contributed by atoms with E-state index in [1.165, 1.54) is 56.7 Å². The molecule has 0 aliphatic rings. The second-order valence-corrected chi connectivity index (χ2v) is 8.25. The molecule has 2 aromatic carbocycles. The van der Waals surface area contributed by atoms with Gasteiger partial charge in [0.25, 0.3) is 11.6 Å². The number of hydrogen-bond acceptors (Lipinski definition) is 8. The minimum Gasteiger partial charge on any atom is -0.493 e. The van der Waals surface area contributed by atoms with Gasteiger partial charge in [-0.15, -0.1) is 0 Å². The number of sulfonamides is 1. The highest BCUT2D eigenvalue weighted by atomic mass is 32.2. The maximum Gasteiger partial charge on any atom is 0.269 e. The van der Waals surface area contributed by atoms with Crippen molar-refractivity contribution < 1.29 is 27.6 Å². The Balaban J connectivity index is 2.18. The van der Waals surface area contributed by atoms with E-state index < -0.39 is 27.4 Å². The van der Waals surface area contributed by atoms with E-state index in [1.807, 2.05) is 0 Å². The van der Waals surface area contributed by atoms with Crippen LogP contribution in [0.4, 0.5) is 11.4 Å². The highest BCUT2D eigenvalue weighted by molar-refractivity contribution is 7.92. The van der Waals surface area contributed by atoms with E-state index in [0.29, 0.717) is 22.8 Å². The van der Waals surface area contributed by atoms with Gasteiger partial charge in [-0.3, -0.25) is 19.2 Å². The van der Waals surface area contributed by atoms with Crippen LogP contribution in [0.25, 0.3) is 0 Å². The molecule has 166 valence electrons. The molecule has 0 atom stereocenters. The largest absolute Gasteiger partial charge is 0.493 e. The van der Waals surface area contributed by atoms with Crippen LogP contribution in [-0.4, -0.2) is 52.0 Å². The van der Waals surface area contributed by atoms with Crippen molar-refractivity contribution in [2.24, 2.45) is 5.10 Å². The Morgan fingerprint density at radius 3 is 2.26 bits per heavy atom. The summed E-state index contributed by atoms with van der Waals surface area (Å²) in [6.45, 7) is 1.08. The lowest BCUT2D eigenvalue weighted by atomic mass is 10.1. The van der Waals surface area contributed by atoms with Crippen molar-refractivity contribution in [2.45, 2.75) is 6.92 Å². The predicted molar refractivity (Wildman–Crippen MR) is 115 cm³/mol. The lowest BCUT2D eigenvalue weighted by molar-refractivity contribution is -0.384. The molecular formula is C19H22N4O7S. The third-order valence-electron chi connectivity index (χ3n) is 4.19. The molecule has 0 aliphatic heterocycles. The van der Waals surface area contributed by atoms with Gasteiger partial charge < -0.3 is 9.47 Å². The Morgan fingerprint density at radius 2 is 1.74 bits per heavy atom. The van der Waals surface area contributed by atoms with Crippen LogP contribution in [0.15, 0.2) is 47.6 Å². The maximum atomic E-state index is 12.4. The first-order valence-electron chi connectivity index (χ1n) is 8.84. The zero-order valence-corrected chi connectivity index (χ0v) is 18.2. The van der Waals surface area contributed by atoms with E-state index in [4.69, 9.17) is 9.47 Å². The Hall–Kier alpha value is -3.67. The number of hydrogen-bond donors (Lipinski definition) is 1. The topological polar surface area (TPSA) is 140 Å². The third-order valence-corrected chi connectivity index (χ3v) is 5.33. The van der Waals surface area contributed by atoms with Gasteiger partial charge in [0.2, 0.25) is 10.0 Å². The molecule has 0 aromatic heterocycles. The molecular weight excluding hydrogens is 428 g/mol. The number of benzene rings is 2. The second-order valence-electron chi connectivity index (χ2n) is 6.35. The van der Waals surface area contributed by atoms with Crippen LogP contribution in [-0.2, 0) is 14.8 Å². The van der Waals surface area contributed by atoms with E-state index in [-0.39, 0.29) is 11.4 Å². The number of nitrogens with one attached hydrogen (secondary N) is 1. The molecule has 2 rings (SSSR count). The summed E-state index contributed by atoms with van der Waals surface area (Å²) in [6.07, 6.45) is 0.975. The van der Waals surface area contributed by atoms with Gasteiger partial charge in [-0.2, -0.15) is 5.10 Å². The first-order valence-corrected chi connectivity index (χ1v) is 10.7. The zero-order chi connectivity index (χ0) is 23.2. The Bertz CT molecular complexity index is 1100. The SMILES string of the molecule is COc1ccc(N(CC(=O)N/N=C(/C)c2ccc([N+](=O)[O-])cc2)S(C)(=O)=O)cc1OC. The average molecular weight is 450 g/mol. The molecule has 0 spiro atoms. The number of anilines is 1. The molecule has 31 heavy (non-hydrogen) atoms. The van der Waals surface area contributed by atoms with Crippen molar-refractivity contribution in [3.8, 4) is 11.5 Å². The molecule has 11 nitrogen and oxygen atoms in total. The first-order chi connectivity index (χ1) is 14.6. The van der Waals surface area contributed by atoms with Gasteiger partial charge >= 0.3 is 0 Å². The number of carbonyl (C=O) groups is 1. The summed E-state index contributed by atoms with van der Waals surface area (Å²) in [5.41, 5.74) is 3.39. The highest BCUT2D eigenvalue weighted by Crippen LogP contribution is 2.32. The van der Waals surface area contributed by atoms with E-state index >= 15 is 0 Å². The van der Waals surface area contributed by atoms with Crippen LogP contribution < -0.4 is 19.2 Å².